The highest BCUT2D eigenvalue weighted by Gasteiger charge is 2.44. The van der Waals surface area contributed by atoms with Gasteiger partial charge >= 0.3 is 0 Å². The molecular weight excluding hydrogens is 212 g/mol. The quantitative estimate of drug-likeness (QED) is 0.815. The average molecular weight is 240 g/mol. The molecule has 0 aromatic rings. The molecular formula is C14H28N2O. The molecule has 0 spiro atoms. The molecule has 2 fully saturated rings. The molecule has 1 aliphatic carbocycles. The highest BCUT2D eigenvalue weighted by atomic mass is 16.5. The molecule has 2 aliphatic rings. The molecule has 2 rings (SSSR count). The molecule has 17 heavy (non-hydrogen) atoms. The van der Waals surface area contributed by atoms with E-state index in [1.54, 1.807) is 0 Å². The lowest BCUT2D eigenvalue weighted by Gasteiger charge is -2.54. The van der Waals surface area contributed by atoms with Crippen molar-refractivity contribution >= 4 is 0 Å². The zero-order valence-electron chi connectivity index (χ0n) is 12.0. The second kappa shape index (κ2) is 4.52. The minimum Gasteiger partial charge on any atom is -0.367 e. The molecule has 0 amide bonds. The van der Waals surface area contributed by atoms with E-state index in [2.05, 4.69) is 45.0 Å². The van der Waals surface area contributed by atoms with Gasteiger partial charge in [-0.25, -0.2) is 0 Å². The van der Waals surface area contributed by atoms with Crippen molar-refractivity contribution in [1.82, 2.24) is 10.2 Å². The van der Waals surface area contributed by atoms with Crippen molar-refractivity contribution in [2.24, 2.45) is 5.92 Å². The summed E-state index contributed by atoms with van der Waals surface area (Å²) in [5.74, 6) is 0.838. The van der Waals surface area contributed by atoms with Gasteiger partial charge in [-0.05, 0) is 60.0 Å². The highest BCUT2D eigenvalue weighted by Crippen LogP contribution is 2.37. The lowest BCUT2D eigenvalue weighted by atomic mass is 9.77. The van der Waals surface area contributed by atoms with Crippen LogP contribution >= 0.6 is 0 Å². The summed E-state index contributed by atoms with van der Waals surface area (Å²) in [5, 5.41) is 3.32. The Balaban J connectivity index is 2.01. The molecule has 1 heterocycles. The first-order chi connectivity index (χ1) is 7.83. The fourth-order valence-corrected chi connectivity index (χ4v) is 3.61. The molecule has 1 aliphatic heterocycles. The molecule has 1 N–H and O–H groups in total. The largest absolute Gasteiger partial charge is 0.367 e. The minimum absolute atomic E-state index is 0.0124. The molecule has 2 unspecified atom stereocenters. The number of hydrogen-bond donors (Lipinski definition) is 1. The van der Waals surface area contributed by atoms with Crippen LogP contribution in [0.5, 0.6) is 0 Å². The first-order valence-corrected chi connectivity index (χ1v) is 6.92. The van der Waals surface area contributed by atoms with Gasteiger partial charge in [0.2, 0.25) is 0 Å². The predicted octanol–water partition coefficient (Wildman–Crippen LogP) is 1.87. The van der Waals surface area contributed by atoms with Crippen LogP contribution in [-0.4, -0.2) is 48.8 Å². The second-order valence-corrected chi connectivity index (χ2v) is 6.99. The fourth-order valence-electron chi connectivity index (χ4n) is 3.61. The summed E-state index contributed by atoms with van der Waals surface area (Å²) in [6.45, 7) is 12.2. The third kappa shape index (κ3) is 3.01. The van der Waals surface area contributed by atoms with Crippen LogP contribution in [0.2, 0.25) is 0 Å². The van der Waals surface area contributed by atoms with E-state index in [1.807, 2.05) is 0 Å². The molecule has 0 bridgehead atoms. The average Bonchev–Trinajstić information content (AvgIpc) is 2.06. The Labute approximate surface area is 106 Å². The van der Waals surface area contributed by atoms with Crippen molar-refractivity contribution in [2.45, 2.75) is 57.8 Å². The van der Waals surface area contributed by atoms with Crippen molar-refractivity contribution in [3.8, 4) is 0 Å². The summed E-state index contributed by atoms with van der Waals surface area (Å²) < 4.78 is 6.15. The number of nitrogens with one attached hydrogen (secondary N) is 1. The SMILES string of the molecule is CNCC1CCC1N1CC(C)(C)OC(C)(C)C1. The van der Waals surface area contributed by atoms with Gasteiger partial charge in [-0.3, -0.25) is 4.90 Å². The number of nitrogens with zero attached hydrogens (tertiary/aromatic N) is 1. The maximum Gasteiger partial charge on any atom is 0.0760 e. The van der Waals surface area contributed by atoms with Crippen LogP contribution in [0.3, 0.4) is 0 Å². The van der Waals surface area contributed by atoms with Crippen LogP contribution in [0, 0.1) is 5.92 Å². The summed E-state index contributed by atoms with van der Waals surface area (Å²) in [7, 11) is 2.06. The second-order valence-electron chi connectivity index (χ2n) is 6.99. The topological polar surface area (TPSA) is 24.5 Å². The summed E-state index contributed by atoms with van der Waals surface area (Å²) in [6.07, 6.45) is 2.74. The highest BCUT2D eigenvalue weighted by molar-refractivity contribution is 4.97. The Bertz CT molecular complexity index is 259. The monoisotopic (exact) mass is 240 g/mol. The van der Waals surface area contributed by atoms with Crippen LogP contribution < -0.4 is 5.32 Å². The van der Waals surface area contributed by atoms with Gasteiger partial charge in [-0.2, -0.15) is 0 Å². The first-order valence-electron chi connectivity index (χ1n) is 6.92. The molecule has 1 saturated heterocycles. The third-order valence-electron chi connectivity index (χ3n) is 4.03. The van der Waals surface area contributed by atoms with E-state index in [0.717, 1.165) is 31.6 Å². The van der Waals surface area contributed by atoms with E-state index in [-0.39, 0.29) is 11.2 Å². The lowest BCUT2D eigenvalue weighted by molar-refractivity contribution is -0.197. The number of hydrogen-bond acceptors (Lipinski definition) is 3. The van der Waals surface area contributed by atoms with E-state index in [0.29, 0.717) is 0 Å². The van der Waals surface area contributed by atoms with E-state index >= 15 is 0 Å². The van der Waals surface area contributed by atoms with Crippen LogP contribution in [0.4, 0.5) is 0 Å². The smallest absolute Gasteiger partial charge is 0.0760 e. The van der Waals surface area contributed by atoms with Crippen molar-refractivity contribution in [3.63, 3.8) is 0 Å². The molecule has 0 aromatic carbocycles. The Morgan fingerprint density at radius 1 is 1.12 bits per heavy atom. The summed E-state index contributed by atoms with van der Waals surface area (Å²) >= 11 is 0. The molecule has 3 nitrogen and oxygen atoms in total. The van der Waals surface area contributed by atoms with Crippen molar-refractivity contribution in [3.05, 3.63) is 0 Å². The zero-order chi connectivity index (χ0) is 12.7. The maximum absolute atomic E-state index is 6.15. The fraction of sp³-hybridized carbons (Fsp3) is 1.00. The van der Waals surface area contributed by atoms with Crippen molar-refractivity contribution in [1.29, 1.82) is 0 Å². The van der Waals surface area contributed by atoms with Crippen LogP contribution in [0.25, 0.3) is 0 Å². The Morgan fingerprint density at radius 2 is 1.71 bits per heavy atom. The summed E-state index contributed by atoms with van der Waals surface area (Å²) in [6, 6.07) is 0.768. The molecule has 1 saturated carbocycles. The van der Waals surface area contributed by atoms with Crippen molar-refractivity contribution < 1.29 is 4.74 Å². The van der Waals surface area contributed by atoms with Gasteiger partial charge in [-0.1, -0.05) is 0 Å². The Morgan fingerprint density at radius 3 is 2.12 bits per heavy atom. The van der Waals surface area contributed by atoms with E-state index in [9.17, 15) is 0 Å². The third-order valence-corrected chi connectivity index (χ3v) is 4.03. The zero-order valence-corrected chi connectivity index (χ0v) is 12.0. The van der Waals surface area contributed by atoms with Crippen LogP contribution in [-0.2, 0) is 4.74 Å². The summed E-state index contributed by atoms with van der Waals surface area (Å²) in [4.78, 5) is 2.66. The Hall–Kier alpha value is -0.120. The minimum atomic E-state index is -0.0124. The van der Waals surface area contributed by atoms with Crippen LogP contribution in [0.1, 0.15) is 40.5 Å². The van der Waals surface area contributed by atoms with Gasteiger partial charge in [0, 0.05) is 19.1 Å². The standard InChI is InChI=1S/C14H28N2O/c1-13(2)9-16(10-14(3,4)17-13)12-7-6-11(12)8-15-5/h11-12,15H,6-10H2,1-5H3. The van der Waals surface area contributed by atoms with Gasteiger partial charge < -0.3 is 10.1 Å². The van der Waals surface area contributed by atoms with Gasteiger partial charge in [0.05, 0.1) is 11.2 Å². The van der Waals surface area contributed by atoms with E-state index < -0.39 is 0 Å². The van der Waals surface area contributed by atoms with Gasteiger partial charge in [-0.15, -0.1) is 0 Å². The normalized spacial score (nSPS) is 36.5. The summed E-state index contributed by atoms with van der Waals surface area (Å²) in [5.41, 5.74) is -0.0247. The number of ether oxygens (including phenoxy) is 1. The van der Waals surface area contributed by atoms with Crippen molar-refractivity contribution in [2.75, 3.05) is 26.7 Å². The maximum atomic E-state index is 6.15. The molecule has 3 heteroatoms. The molecule has 0 aromatic heterocycles. The number of rotatable bonds is 3. The number of morpholine rings is 1. The van der Waals surface area contributed by atoms with E-state index in [1.165, 1.54) is 12.8 Å². The van der Waals surface area contributed by atoms with Gasteiger partial charge in [0.1, 0.15) is 0 Å². The predicted molar refractivity (Wildman–Crippen MR) is 71.3 cm³/mol. The molecule has 2 atom stereocenters. The van der Waals surface area contributed by atoms with Crippen LogP contribution in [0.15, 0.2) is 0 Å². The van der Waals surface area contributed by atoms with Gasteiger partial charge in [0.25, 0.3) is 0 Å². The molecule has 100 valence electrons. The lowest BCUT2D eigenvalue weighted by Crippen LogP contribution is -2.63. The first kappa shape index (κ1) is 13.3. The Kier molecular flexibility index (Phi) is 3.54. The molecule has 0 radical (unpaired) electrons. The van der Waals surface area contributed by atoms with E-state index in [4.69, 9.17) is 4.74 Å². The van der Waals surface area contributed by atoms with Gasteiger partial charge in [0.15, 0.2) is 0 Å².